The molecule has 0 atom stereocenters. The van der Waals surface area contributed by atoms with Gasteiger partial charge in [-0.05, 0) is 56.2 Å². The molecule has 7 heteroatoms. The van der Waals surface area contributed by atoms with E-state index < -0.39 is 9.84 Å². The van der Waals surface area contributed by atoms with E-state index in [1.807, 2.05) is 45.0 Å². The number of aryl methyl sites for hydroxylation is 2. The minimum absolute atomic E-state index is 0.163. The van der Waals surface area contributed by atoms with Crippen molar-refractivity contribution >= 4 is 21.4 Å². The Morgan fingerprint density at radius 2 is 1.81 bits per heavy atom. The lowest BCUT2D eigenvalue weighted by atomic mass is 10.1. The first kappa shape index (κ1) is 18.8. The maximum atomic E-state index is 12.7. The summed E-state index contributed by atoms with van der Waals surface area (Å²) in [6.07, 6.45) is 2.65. The summed E-state index contributed by atoms with van der Waals surface area (Å²) in [6.45, 7) is 5.63. The Kier molecular flexibility index (Phi) is 4.89. The van der Waals surface area contributed by atoms with E-state index in [9.17, 15) is 13.2 Å². The summed E-state index contributed by atoms with van der Waals surface area (Å²) in [6, 6.07) is 12.5. The molecule has 1 heterocycles. The van der Waals surface area contributed by atoms with Gasteiger partial charge in [0.1, 0.15) is 0 Å². The van der Waals surface area contributed by atoms with Crippen molar-refractivity contribution in [3.8, 4) is 5.69 Å². The molecule has 1 amide bonds. The number of amides is 1. The molecule has 0 unspecified atom stereocenters. The fraction of sp³-hybridized carbons (Fsp3) is 0.200. The standard InChI is InChI=1S/C20H21N3O3S/c1-13-6-5-7-16(10-13)23-15(3)18(12-21-23)20(24)22-19-11-17(27(4,25)26)9-8-14(19)2/h5-12H,1-4H3,(H,22,24). The number of sulfone groups is 1. The lowest BCUT2D eigenvalue weighted by Gasteiger charge is -2.10. The Balaban J connectivity index is 1.92. The Morgan fingerprint density at radius 1 is 1.07 bits per heavy atom. The maximum Gasteiger partial charge on any atom is 0.259 e. The Hall–Kier alpha value is -2.93. The summed E-state index contributed by atoms with van der Waals surface area (Å²) in [5, 5.41) is 7.13. The van der Waals surface area contributed by atoms with Crippen molar-refractivity contribution < 1.29 is 13.2 Å². The molecule has 1 N–H and O–H groups in total. The summed E-state index contributed by atoms with van der Waals surface area (Å²) in [5.74, 6) is -0.333. The highest BCUT2D eigenvalue weighted by atomic mass is 32.2. The SMILES string of the molecule is Cc1cccc(-n2ncc(C(=O)Nc3cc(S(C)(=O)=O)ccc3C)c2C)c1. The molecule has 0 saturated carbocycles. The minimum Gasteiger partial charge on any atom is -0.322 e. The molecule has 0 spiro atoms. The summed E-state index contributed by atoms with van der Waals surface area (Å²) < 4.78 is 25.2. The van der Waals surface area contributed by atoms with Crippen molar-refractivity contribution in [3.63, 3.8) is 0 Å². The van der Waals surface area contributed by atoms with E-state index in [4.69, 9.17) is 0 Å². The predicted octanol–water partition coefficient (Wildman–Crippen LogP) is 3.45. The maximum absolute atomic E-state index is 12.7. The number of rotatable bonds is 4. The van der Waals surface area contributed by atoms with Crippen molar-refractivity contribution in [1.82, 2.24) is 9.78 Å². The quantitative estimate of drug-likeness (QED) is 0.748. The van der Waals surface area contributed by atoms with Crippen LogP contribution < -0.4 is 5.32 Å². The number of hydrogen-bond donors (Lipinski definition) is 1. The second-order valence-electron chi connectivity index (χ2n) is 6.60. The molecule has 2 aromatic carbocycles. The first-order chi connectivity index (χ1) is 12.7. The van der Waals surface area contributed by atoms with Gasteiger partial charge in [0.25, 0.3) is 5.91 Å². The van der Waals surface area contributed by atoms with Crippen molar-refractivity contribution in [2.75, 3.05) is 11.6 Å². The normalized spacial score (nSPS) is 11.4. The third-order valence-electron chi connectivity index (χ3n) is 4.39. The zero-order valence-corrected chi connectivity index (χ0v) is 16.5. The van der Waals surface area contributed by atoms with Gasteiger partial charge in [-0.25, -0.2) is 13.1 Å². The first-order valence-corrected chi connectivity index (χ1v) is 10.3. The highest BCUT2D eigenvalue weighted by molar-refractivity contribution is 7.90. The second-order valence-corrected chi connectivity index (χ2v) is 8.61. The summed E-state index contributed by atoms with van der Waals surface area (Å²) in [5.41, 5.74) is 4.35. The Bertz CT molecular complexity index is 1130. The largest absolute Gasteiger partial charge is 0.322 e. The molecule has 0 fully saturated rings. The van der Waals surface area contributed by atoms with E-state index >= 15 is 0 Å². The third-order valence-corrected chi connectivity index (χ3v) is 5.50. The number of nitrogens with one attached hydrogen (secondary N) is 1. The molecule has 0 bridgehead atoms. The fourth-order valence-corrected chi connectivity index (χ4v) is 3.46. The average molecular weight is 383 g/mol. The molecule has 6 nitrogen and oxygen atoms in total. The average Bonchev–Trinajstić information content (AvgIpc) is 2.97. The Labute approximate surface area is 158 Å². The smallest absolute Gasteiger partial charge is 0.259 e. The molecule has 0 aliphatic rings. The van der Waals surface area contributed by atoms with Crippen LogP contribution in [0.5, 0.6) is 0 Å². The van der Waals surface area contributed by atoms with Gasteiger partial charge in [-0.2, -0.15) is 5.10 Å². The van der Waals surface area contributed by atoms with Gasteiger partial charge in [0.15, 0.2) is 9.84 Å². The summed E-state index contributed by atoms with van der Waals surface area (Å²) in [7, 11) is -3.35. The highest BCUT2D eigenvalue weighted by Gasteiger charge is 2.17. The number of nitrogens with zero attached hydrogens (tertiary/aromatic N) is 2. The Morgan fingerprint density at radius 3 is 2.48 bits per heavy atom. The predicted molar refractivity (Wildman–Crippen MR) is 105 cm³/mol. The van der Waals surface area contributed by atoms with Crippen LogP contribution in [0.2, 0.25) is 0 Å². The number of anilines is 1. The summed E-state index contributed by atoms with van der Waals surface area (Å²) >= 11 is 0. The lowest BCUT2D eigenvalue weighted by Crippen LogP contribution is -2.14. The molecule has 0 saturated heterocycles. The van der Waals surface area contributed by atoms with Crippen LogP contribution in [0.3, 0.4) is 0 Å². The van der Waals surface area contributed by atoms with E-state index in [1.165, 1.54) is 18.3 Å². The molecule has 140 valence electrons. The molecule has 3 rings (SSSR count). The van der Waals surface area contributed by atoms with Gasteiger partial charge < -0.3 is 5.32 Å². The van der Waals surface area contributed by atoms with Crippen LogP contribution in [0.4, 0.5) is 5.69 Å². The van der Waals surface area contributed by atoms with Crippen LogP contribution in [-0.4, -0.2) is 30.4 Å². The highest BCUT2D eigenvalue weighted by Crippen LogP contribution is 2.22. The molecular formula is C20H21N3O3S. The van der Waals surface area contributed by atoms with E-state index in [0.29, 0.717) is 16.9 Å². The van der Waals surface area contributed by atoms with Gasteiger partial charge in [0, 0.05) is 11.9 Å². The molecule has 0 aliphatic heterocycles. The second kappa shape index (κ2) is 7.00. The third kappa shape index (κ3) is 3.93. The van der Waals surface area contributed by atoms with E-state index in [1.54, 1.807) is 10.7 Å². The zero-order chi connectivity index (χ0) is 19.8. The molecule has 3 aromatic rings. The van der Waals surface area contributed by atoms with E-state index in [0.717, 1.165) is 23.1 Å². The number of hydrogen-bond acceptors (Lipinski definition) is 4. The number of benzene rings is 2. The topological polar surface area (TPSA) is 81.1 Å². The van der Waals surface area contributed by atoms with Crippen LogP contribution >= 0.6 is 0 Å². The van der Waals surface area contributed by atoms with Crippen LogP contribution in [0, 0.1) is 20.8 Å². The number of carbonyl (C=O) groups is 1. The van der Waals surface area contributed by atoms with Crippen LogP contribution in [0.25, 0.3) is 5.69 Å². The van der Waals surface area contributed by atoms with Crippen molar-refractivity contribution in [3.05, 3.63) is 71.0 Å². The van der Waals surface area contributed by atoms with Gasteiger partial charge in [-0.15, -0.1) is 0 Å². The summed E-state index contributed by atoms with van der Waals surface area (Å²) in [4.78, 5) is 12.9. The van der Waals surface area contributed by atoms with Gasteiger partial charge in [0.2, 0.25) is 0 Å². The molecular weight excluding hydrogens is 362 g/mol. The monoisotopic (exact) mass is 383 g/mol. The van der Waals surface area contributed by atoms with Crippen molar-refractivity contribution in [2.24, 2.45) is 0 Å². The van der Waals surface area contributed by atoms with Crippen molar-refractivity contribution in [1.29, 1.82) is 0 Å². The van der Waals surface area contributed by atoms with Crippen LogP contribution in [0.1, 0.15) is 27.2 Å². The van der Waals surface area contributed by atoms with Crippen LogP contribution in [-0.2, 0) is 9.84 Å². The number of aromatic nitrogens is 2. The van der Waals surface area contributed by atoms with E-state index in [-0.39, 0.29) is 10.8 Å². The molecule has 1 aromatic heterocycles. The van der Waals surface area contributed by atoms with E-state index in [2.05, 4.69) is 10.4 Å². The molecule has 0 aliphatic carbocycles. The first-order valence-electron chi connectivity index (χ1n) is 8.40. The van der Waals surface area contributed by atoms with Gasteiger partial charge in [0.05, 0.1) is 28.0 Å². The molecule has 0 radical (unpaired) electrons. The van der Waals surface area contributed by atoms with Gasteiger partial charge in [-0.1, -0.05) is 18.2 Å². The van der Waals surface area contributed by atoms with Gasteiger partial charge >= 0.3 is 0 Å². The fourth-order valence-electron chi connectivity index (χ4n) is 2.81. The lowest BCUT2D eigenvalue weighted by molar-refractivity contribution is 0.102. The minimum atomic E-state index is -3.35. The zero-order valence-electron chi connectivity index (χ0n) is 15.6. The van der Waals surface area contributed by atoms with Crippen molar-refractivity contribution in [2.45, 2.75) is 25.7 Å². The molecule has 27 heavy (non-hydrogen) atoms. The number of carbonyl (C=O) groups excluding carboxylic acids is 1. The van der Waals surface area contributed by atoms with Crippen LogP contribution in [0.15, 0.2) is 53.6 Å². The van der Waals surface area contributed by atoms with Gasteiger partial charge in [-0.3, -0.25) is 4.79 Å².